The Bertz CT molecular complexity index is 1160. The summed E-state index contributed by atoms with van der Waals surface area (Å²) < 4.78 is 42.9. The molecule has 0 fully saturated rings. The average molecular weight is 442 g/mol. The molecule has 0 atom stereocenters. The fourth-order valence-electron chi connectivity index (χ4n) is 3.62. The Morgan fingerprint density at radius 2 is 1.78 bits per heavy atom. The van der Waals surface area contributed by atoms with E-state index < -0.39 is 23.5 Å². The Kier molecular flexibility index (Phi) is 6.11. The zero-order valence-electron chi connectivity index (χ0n) is 17.2. The monoisotopic (exact) mass is 442 g/mol. The maximum Gasteiger partial charge on any atom is 0.225 e. The van der Waals surface area contributed by atoms with E-state index in [1.807, 2.05) is 0 Å². The lowest BCUT2D eigenvalue weighted by atomic mass is 9.99. The Morgan fingerprint density at radius 1 is 1.06 bits per heavy atom. The number of nitrogens with one attached hydrogen (secondary N) is 1. The van der Waals surface area contributed by atoms with E-state index in [4.69, 9.17) is 0 Å². The van der Waals surface area contributed by atoms with Crippen LogP contribution in [-0.2, 0) is 0 Å². The van der Waals surface area contributed by atoms with Crippen LogP contribution in [0.3, 0.4) is 0 Å². The molecule has 9 heteroatoms. The van der Waals surface area contributed by atoms with E-state index >= 15 is 0 Å². The molecule has 3 N–H and O–H groups in total. The summed E-state index contributed by atoms with van der Waals surface area (Å²) in [6.07, 6.45) is 3.49. The first kappa shape index (κ1) is 21.8. The molecule has 1 aliphatic rings. The molecular formula is C23H21F3N4O2. The summed E-state index contributed by atoms with van der Waals surface area (Å²) >= 11 is 0. The van der Waals surface area contributed by atoms with Gasteiger partial charge in [0, 0.05) is 17.7 Å². The van der Waals surface area contributed by atoms with Crippen LogP contribution < -0.4 is 10.2 Å². The number of halogens is 3. The van der Waals surface area contributed by atoms with Crippen molar-refractivity contribution >= 4 is 23.5 Å². The Hall–Kier alpha value is -3.43. The van der Waals surface area contributed by atoms with Crippen molar-refractivity contribution in [1.29, 1.82) is 0 Å². The Balaban J connectivity index is 1.95. The summed E-state index contributed by atoms with van der Waals surface area (Å²) in [5, 5.41) is 21.7. The van der Waals surface area contributed by atoms with Crippen LogP contribution in [0, 0.1) is 24.4 Å². The normalized spacial score (nSPS) is 12.9. The molecule has 0 spiro atoms. The van der Waals surface area contributed by atoms with Crippen LogP contribution in [0.2, 0.25) is 0 Å². The molecule has 1 aromatic heterocycles. The van der Waals surface area contributed by atoms with Crippen LogP contribution in [-0.4, -0.2) is 46.0 Å². The minimum absolute atomic E-state index is 0.0487. The zero-order chi connectivity index (χ0) is 22.8. The first-order valence-electron chi connectivity index (χ1n) is 9.97. The number of aromatic nitrogens is 2. The van der Waals surface area contributed by atoms with Gasteiger partial charge in [0.2, 0.25) is 5.95 Å². The van der Waals surface area contributed by atoms with Crippen molar-refractivity contribution in [3.63, 3.8) is 0 Å². The second kappa shape index (κ2) is 8.97. The number of nitrogens with zero attached hydrogens (tertiary/aromatic N) is 3. The van der Waals surface area contributed by atoms with Crippen molar-refractivity contribution in [2.45, 2.75) is 13.0 Å². The van der Waals surface area contributed by atoms with E-state index in [0.29, 0.717) is 22.4 Å². The number of aliphatic hydroxyl groups is 2. The lowest BCUT2D eigenvalue weighted by molar-refractivity contribution is 0.203. The number of rotatable bonds is 6. The van der Waals surface area contributed by atoms with Gasteiger partial charge in [-0.15, -0.1) is 0 Å². The lowest BCUT2D eigenvalue weighted by Crippen LogP contribution is -2.30. The van der Waals surface area contributed by atoms with Crippen molar-refractivity contribution in [3.8, 4) is 11.3 Å². The van der Waals surface area contributed by atoms with Gasteiger partial charge in [-0.3, -0.25) is 0 Å². The van der Waals surface area contributed by atoms with Gasteiger partial charge in [0.05, 0.1) is 24.9 Å². The van der Waals surface area contributed by atoms with Gasteiger partial charge in [-0.1, -0.05) is 18.2 Å². The van der Waals surface area contributed by atoms with Gasteiger partial charge in [0.1, 0.15) is 29.0 Å². The molecule has 32 heavy (non-hydrogen) atoms. The van der Waals surface area contributed by atoms with E-state index in [-0.39, 0.29) is 37.2 Å². The third-order valence-corrected chi connectivity index (χ3v) is 5.18. The highest BCUT2D eigenvalue weighted by molar-refractivity contribution is 5.85. The molecule has 2 heterocycles. The highest BCUT2D eigenvalue weighted by Gasteiger charge is 2.27. The summed E-state index contributed by atoms with van der Waals surface area (Å²) in [5.74, 6) is -1.61. The van der Waals surface area contributed by atoms with Crippen molar-refractivity contribution in [1.82, 2.24) is 9.97 Å². The van der Waals surface area contributed by atoms with Gasteiger partial charge in [-0.25, -0.2) is 18.2 Å². The Labute approximate surface area is 182 Å². The van der Waals surface area contributed by atoms with Crippen molar-refractivity contribution in [3.05, 3.63) is 71.1 Å². The molecule has 1 aliphatic heterocycles. The predicted molar refractivity (Wildman–Crippen MR) is 116 cm³/mol. The topological polar surface area (TPSA) is 81.5 Å². The van der Waals surface area contributed by atoms with Gasteiger partial charge >= 0.3 is 0 Å². The molecule has 4 rings (SSSR count). The third-order valence-electron chi connectivity index (χ3n) is 5.18. The van der Waals surface area contributed by atoms with Crippen LogP contribution in [0.4, 0.5) is 30.6 Å². The molecule has 0 saturated carbocycles. The van der Waals surface area contributed by atoms with E-state index in [9.17, 15) is 23.4 Å². The smallest absolute Gasteiger partial charge is 0.225 e. The summed E-state index contributed by atoms with van der Waals surface area (Å²) in [5.41, 5.74) is 1.88. The highest BCUT2D eigenvalue weighted by atomic mass is 19.1. The first-order chi connectivity index (χ1) is 15.4. The molecule has 0 saturated heterocycles. The molecule has 2 aromatic carbocycles. The number of aryl methyl sites for hydroxylation is 1. The first-order valence-corrected chi connectivity index (χ1v) is 9.97. The van der Waals surface area contributed by atoms with E-state index in [0.717, 1.165) is 12.1 Å². The van der Waals surface area contributed by atoms with Crippen molar-refractivity contribution in [2.24, 2.45) is 0 Å². The number of hydrogen-bond donors (Lipinski definition) is 3. The number of para-hydroxylation sites is 1. The van der Waals surface area contributed by atoms with Gasteiger partial charge in [-0.05, 0) is 42.8 Å². The zero-order valence-corrected chi connectivity index (χ0v) is 17.2. The average Bonchev–Trinajstić information content (AvgIpc) is 2.77. The Morgan fingerprint density at radius 3 is 2.44 bits per heavy atom. The van der Waals surface area contributed by atoms with Crippen LogP contribution in [0.25, 0.3) is 17.3 Å². The summed E-state index contributed by atoms with van der Waals surface area (Å²) in [4.78, 5) is 10.4. The van der Waals surface area contributed by atoms with Gasteiger partial charge in [-0.2, -0.15) is 4.98 Å². The molecule has 0 aliphatic carbocycles. The molecule has 0 bridgehead atoms. The second-order valence-electron chi connectivity index (χ2n) is 7.38. The quantitative estimate of drug-likeness (QED) is 0.539. The highest BCUT2D eigenvalue weighted by Crippen LogP contribution is 2.39. The standard InChI is InChI=1S/C23H21F3N4O2/c1-13-10-14(24)7-8-16(13)20-17-4-3-9-30(21-18(25)5-2-6-19(21)26)22(17)29-23(28-20)27-15(11-31)12-32/h2-8,10,15,31-32H,9,11-12H2,1H3,(H,27,28,29). The number of anilines is 3. The molecule has 0 radical (unpaired) electrons. The minimum Gasteiger partial charge on any atom is -0.394 e. The van der Waals surface area contributed by atoms with Gasteiger partial charge in [0.15, 0.2) is 0 Å². The number of benzene rings is 2. The largest absolute Gasteiger partial charge is 0.394 e. The number of aliphatic hydroxyl groups excluding tert-OH is 2. The van der Waals surface area contributed by atoms with Crippen molar-refractivity contribution < 1.29 is 23.4 Å². The SMILES string of the molecule is Cc1cc(F)ccc1-c1nc(NC(CO)CO)nc2c1C=CCN2c1c(F)cccc1F. The van der Waals surface area contributed by atoms with Crippen LogP contribution >= 0.6 is 0 Å². The number of hydrogen-bond acceptors (Lipinski definition) is 6. The van der Waals surface area contributed by atoms with Crippen LogP contribution in [0.1, 0.15) is 11.1 Å². The summed E-state index contributed by atoms with van der Waals surface area (Å²) in [6, 6.07) is 7.10. The molecule has 6 nitrogen and oxygen atoms in total. The van der Waals surface area contributed by atoms with Crippen LogP contribution in [0.5, 0.6) is 0 Å². The van der Waals surface area contributed by atoms with Crippen LogP contribution in [0.15, 0.2) is 42.5 Å². The predicted octanol–water partition coefficient (Wildman–Crippen LogP) is 3.80. The summed E-state index contributed by atoms with van der Waals surface area (Å²) in [6.45, 7) is 1.12. The molecule has 166 valence electrons. The maximum absolute atomic E-state index is 14.6. The molecule has 0 unspecified atom stereocenters. The molecular weight excluding hydrogens is 421 g/mol. The maximum atomic E-state index is 14.6. The van der Waals surface area contributed by atoms with E-state index in [1.165, 1.54) is 23.1 Å². The molecule has 3 aromatic rings. The van der Waals surface area contributed by atoms with E-state index in [2.05, 4.69) is 15.3 Å². The second-order valence-corrected chi connectivity index (χ2v) is 7.38. The molecule has 0 amide bonds. The fourth-order valence-corrected chi connectivity index (χ4v) is 3.62. The van der Waals surface area contributed by atoms with Crippen molar-refractivity contribution in [2.75, 3.05) is 30.0 Å². The van der Waals surface area contributed by atoms with Gasteiger partial charge in [0.25, 0.3) is 0 Å². The van der Waals surface area contributed by atoms with Gasteiger partial charge < -0.3 is 20.4 Å². The minimum atomic E-state index is -0.748. The summed E-state index contributed by atoms with van der Waals surface area (Å²) in [7, 11) is 0. The lowest BCUT2D eigenvalue weighted by Gasteiger charge is -2.29. The third kappa shape index (κ3) is 4.04. The number of fused-ring (bicyclic) bond motifs is 1. The van der Waals surface area contributed by atoms with E-state index in [1.54, 1.807) is 25.1 Å². The fraction of sp³-hybridized carbons (Fsp3) is 0.217.